The van der Waals surface area contributed by atoms with E-state index in [-0.39, 0.29) is 11.6 Å². The summed E-state index contributed by atoms with van der Waals surface area (Å²) in [6.45, 7) is 4.93. The van der Waals surface area contributed by atoms with Crippen LogP contribution in [-0.2, 0) is 0 Å². The predicted octanol–water partition coefficient (Wildman–Crippen LogP) is 3.35. The fourth-order valence-electron chi connectivity index (χ4n) is 2.88. The van der Waals surface area contributed by atoms with Gasteiger partial charge in [-0.25, -0.2) is 8.78 Å². The van der Waals surface area contributed by atoms with Crippen LogP contribution in [0, 0.1) is 17.6 Å². The van der Waals surface area contributed by atoms with Crippen molar-refractivity contribution in [3.8, 4) is 0 Å². The molecule has 4 heteroatoms. The third-order valence-electron chi connectivity index (χ3n) is 4.27. The molecule has 2 rings (SSSR count). The summed E-state index contributed by atoms with van der Waals surface area (Å²) < 4.78 is 27.3. The van der Waals surface area contributed by atoms with Crippen LogP contribution in [0.25, 0.3) is 0 Å². The zero-order valence-electron chi connectivity index (χ0n) is 12.3. The summed E-state index contributed by atoms with van der Waals surface area (Å²) in [5.41, 5.74) is 0.149. The molecule has 1 atom stereocenters. The predicted molar refractivity (Wildman–Crippen MR) is 77.6 cm³/mol. The highest BCUT2D eigenvalue weighted by Crippen LogP contribution is 2.22. The van der Waals surface area contributed by atoms with Crippen LogP contribution in [0.1, 0.15) is 37.8 Å². The molecule has 1 saturated heterocycles. The van der Waals surface area contributed by atoms with Gasteiger partial charge in [0.25, 0.3) is 0 Å². The van der Waals surface area contributed by atoms with Gasteiger partial charge in [0, 0.05) is 11.6 Å². The summed E-state index contributed by atoms with van der Waals surface area (Å²) in [4.78, 5) is 2.35. The van der Waals surface area contributed by atoms with Crippen molar-refractivity contribution in [1.82, 2.24) is 10.2 Å². The summed E-state index contributed by atoms with van der Waals surface area (Å²) in [5.74, 6) is -0.204. The first kappa shape index (κ1) is 15.4. The summed E-state index contributed by atoms with van der Waals surface area (Å²) in [7, 11) is 2.15. The van der Waals surface area contributed by atoms with E-state index in [1.165, 1.54) is 31.0 Å². The van der Waals surface area contributed by atoms with Gasteiger partial charge in [-0.05, 0) is 70.9 Å². The smallest absolute Gasteiger partial charge is 0.130 e. The molecule has 0 aliphatic carbocycles. The fourth-order valence-corrected chi connectivity index (χ4v) is 2.88. The number of rotatable bonds is 5. The molecule has 1 unspecified atom stereocenters. The van der Waals surface area contributed by atoms with Crippen LogP contribution in [0.4, 0.5) is 8.78 Å². The molecule has 0 radical (unpaired) electrons. The summed E-state index contributed by atoms with van der Waals surface area (Å²) >= 11 is 0. The average molecular weight is 282 g/mol. The van der Waals surface area contributed by atoms with Crippen molar-refractivity contribution < 1.29 is 8.78 Å². The first-order valence-corrected chi connectivity index (χ1v) is 7.43. The molecule has 20 heavy (non-hydrogen) atoms. The van der Waals surface area contributed by atoms with Crippen LogP contribution in [0.2, 0.25) is 0 Å². The van der Waals surface area contributed by atoms with Crippen molar-refractivity contribution in [2.75, 3.05) is 26.7 Å². The van der Waals surface area contributed by atoms with Crippen LogP contribution < -0.4 is 5.32 Å². The van der Waals surface area contributed by atoms with Gasteiger partial charge in [-0.1, -0.05) is 6.07 Å². The number of nitrogens with one attached hydrogen (secondary N) is 1. The van der Waals surface area contributed by atoms with E-state index in [9.17, 15) is 8.78 Å². The minimum absolute atomic E-state index is 0.149. The molecule has 2 nitrogen and oxygen atoms in total. The maximum atomic E-state index is 13.6. The molecule has 0 amide bonds. The van der Waals surface area contributed by atoms with E-state index in [0.717, 1.165) is 32.0 Å². The van der Waals surface area contributed by atoms with Crippen molar-refractivity contribution >= 4 is 0 Å². The molecule has 1 aromatic rings. The maximum absolute atomic E-state index is 13.6. The number of benzene rings is 1. The summed E-state index contributed by atoms with van der Waals surface area (Å²) in [5, 5.41) is 3.25. The minimum Gasteiger partial charge on any atom is -0.310 e. The molecular formula is C16H24F2N2. The van der Waals surface area contributed by atoms with Crippen LogP contribution in [0.5, 0.6) is 0 Å². The number of hydrogen-bond acceptors (Lipinski definition) is 2. The van der Waals surface area contributed by atoms with Crippen molar-refractivity contribution in [2.45, 2.75) is 32.2 Å². The molecule has 1 N–H and O–H groups in total. The van der Waals surface area contributed by atoms with E-state index in [4.69, 9.17) is 0 Å². The zero-order chi connectivity index (χ0) is 14.5. The second kappa shape index (κ2) is 7.14. The molecule has 0 bridgehead atoms. The Hall–Kier alpha value is -1.00. The third kappa shape index (κ3) is 4.00. The van der Waals surface area contributed by atoms with E-state index in [2.05, 4.69) is 17.3 Å². The number of likely N-dealkylation sites (tertiary alicyclic amines) is 1. The van der Waals surface area contributed by atoms with Crippen molar-refractivity contribution in [2.24, 2.45) is 5.92 Å². The highest BCUT2D eigenvalue weighted by molar-refractivity contribution is 5.22. The normalized spacial score (nSPS) is 19.2. The molecule has 0 spiro atoms. The zero-order valence-corrected chi connectivity index (χ0v) is 12.3. The van der Waals surface area contributed by atoms with Crippen molar-refractivity contribution in [3.05, 3.63) is 35.4 Å². The third-order valence-corrected chi connectivity index (χ3v) is 4.27. The lowest BCUT2D eigenvalue weighted by molar-refractivity contribution is 0.210. The van der Waals surface area contributed by atoms with Crippen LogP contribution in [-0.4, -0.2) is 31.6 Å². The Morgan fingerprint density at radius 2 is 1.85 bits per heavy atom. The first-order valence-electron chi connectivity index (χ1n) is 7.43. The number of nitrogens with zero attached hydrogens (tertiary/aromatic N) is 1. The molecule has 112 valence electrons. The van der Waals surface area contributed by atoms with Gasteiger partial charge in [0.15, 0.2) is 0 Å². The monoisotopic (exact) mass is 282 g/mol. The van der Waals surface area contributed by atoms with Gasteiger partial charge in [0.1, 0.15) is 11.6 Å². The quantitative estimate of drug-likeness (QED) is 0.891. The Bertz CT molecular complexity index is 408. The van der Waals surface area contributed by atoms with Gasteiger partial charge in [-0.3, -0.25) is 0 Å². The Balaban J connectivity index is 1.79. The van der Waals surface area contributed by atoms with Crippen molar-refractivity contribution in [1.29, 1.82) is 0 Å². The van der Waals surface area contributed by atoms with Gasteiger partial charge < -0.3 is 10.2 Å². The summed E-state index contributed by atoms with van der Waals surface area (Å²) in [6, 6.07) is 3.74. The number of piperidine rings is 1. The topological polar surface area (TPSA) is 15.3 Å². The standard InChI is InChI=1S/C16H24F2N2/c1-12(16-14(17)4-3-5-15(16)18)19-9-6-13-7-10-20(2)11-8-13/h3-5,12-13,19H,6-11H2,1-2H3. The summed E-state index contributed by atoms with van der Waals surface area (Å²) in [6.07, 6.45) is 3.52. The van der Waals surface area contributed by atoms with E-state index in [0.29, 0.717) is 0 Å². The molecule has 1 heterocycles. The minimum atomic E-state index is -0.468. The first-order chi connectivity index (χ1) is 9.58. The molecule has 0 saturated carbocycles. The number of hydrogen-bond donors (Lipinski definition) is 1. The van der Waals surface area contributed by atoms with Gasteiger partial charge in [0.2, 0.25) is 0 Å². The second-order valence-electron chi connectivity index (χ2n) is 5.85. The van der Waals surface area contributed by atoms with E-state index in [1.54, 1.807) is 0 Å². The Kier molecular flexibility index (Phi) is 5.49. The van der Waals surface area contributed by atoms with Crippen molar-refractivity contribution in [3.63, 3.8) is 0 Å². The molecule has 0 aromatic heterocycles. The SMILES string of the molecule is CC(NCCC1CCN(C)CC1)c1c(F)cccc1F. The lowest BCUT2D eigenvalue weighted by Gasteiger charge is -2.29. The average Bonchev–Trinajstić information content (AvgIpc) is 2.41. The Morgan fingerprint density at radius 1 is 1.25 bits per heavy atom. The lowest BCUT2D eigenvalue weighted by atomic mass is 9.93. The molecule has 1 aliphatic rings. The van der Waals surface area contributed by atoms with Gasteiger partial charge in [-0.2, -0.15) is 0 Å². The van der Waals surface area contributed by atoms with E-state index >= 15 is 0 Å². The van der Waals surface area contributed by atoms with Crippen LogP contribution >= 0.6 is 0 Å². The van der Waals surface area contributed by atoms with E-state index in [1.807, 2.05) is 6.92 Å². The van der Waals surface area contributed by atoms with Gasteiger partial charge >= 0.3 is 0 Å². The van der Waals surface area contributed by atoms with E-state index < -0.39 is 11.6 Å². The number of halogens is 2. The Labute approximate surface area is 120 Å². The van der Waals surface area contributed by atoms with Gasteiger partial charge in [-0.15, -0.1) is 0 Å². The maximum Gasteiger partial charge on any atom is 0.130 e. The second-order valence-corrected chi connectivity index (χ2v) is 5.85. The molecule has 1 aliphatic heterocycles. The Morgan fingerprint density at radius 3 is 2.45 bits per heavy atom. The highest BCUT2D eigenvalue weighted by atomic mass is 19.1. The van der Waals surface area contributed by atoms with Gasteiger partial charge in [0.05, 0.1) is 0 Å². The van der Waals surface area contributed by atoms with Crippen LogP contribution in [0.15, 0.2) is 18.2 Å². The lowest BCUT2D eigenvalue weighted by Crippen LogP contribution is -2.32. The molecule has 1 aromatic carbocycles. The molecule has 1 fully saturated rings. The largest absolute Gasteiger partial charge is 0.310 e. The molecular weight excluding hydrogens is 258 g/mol. The fraction of sp³-hybridized carbons (Fsp3) is 0.625. The highest BCUT2D eigenvalue weighted by Gasteiger charge is 2.18. The van der Waals surface area contributed by atoms with Crippen LogP contribution in [0.3, 0.4) is 0 Å².